The Morgan fingerprint density at radius 1 is 1.06 bits per heavy atom. The number of alkyl halides is 3. The molecule has 3 N–H and O–H groups in total. The Morgan fingerprint density at radius 3 is 2.34 bits per heavy atom. The van der Waals surface area contributed by atoms with E-state index in [1.165, 1.54) is 11.1 Å². The van der Waals surface area contributed by atoms with Crippen LogP contribution in [0.1, 0.15) is 22.9 Å². The van der Waals surface area contributed by atoms with Crippen molar-refractivity contribution in [3.05, 3.63) is 83.6 Å². The first-order valence-corrected chi connectivity index (χ1v) is 9.63. The molecule has 4 rings (SSSR count). The predicted molar refractivity (Wildman–Crippen MR) is 110 cm³/mol. The molecule has 1 aliphatic rings. The number of hydrogen-bond donors (Lipinski definition) is 2. The Bertz CT molecular complexity index is 1030. The molecule has 0 fully saturated rings. The Morgan fingerprint density at radius 2 is 1.72 bits per heavy atom. The van der Waals surface area contributed by atoms with Gasteiger partial charge in [0.25, 0.3) is 0 Å². The fourth-order valence-electron chi connectivity index (χ4n) is 3.17. The minimum Gasteiger partial charge on any atom is -0.475 e. The van der Waals surface area contributed by atoms with Crippen molar-refractivity contribution in [3.63, 3.8) is 0 Å². The van der Waals surface area contributed by atoms with Crippen LogP contribution in [0.4, 0.5) is 13.2 Å². The molecule has 10 heteroatoms. The number of carboxylic acid groups (broad SMARTS) is 1. The number of nitrogens with zero attached hydrogens (tertiary/aromatic N) is 3. The number of ether oxygens (including phenoxy) is 1. The zero-order valence-corrected chi connectivity index (χ0v) is 16.9. The van der Waals surface area contributed by atoms with Gasteiger partial charge in [0.15, 0.2) is 0 Å². The lowest BCUT2D eigenvalue weighted by atomic mass is 9.96. The lowest BCUT2D eigenvalue weighted by Gasteiger charge is -2.32. The number of aliphatic carboxylic acids is 1. The summed E-state index contributed by atoms with van der Waals surface area (Å²) in [6.45, 7) is 2.43. The van der Waals surface area contributed by atoms with Gasteiger partial charge in [0, 0.05) is 31.7 Å². The summed E-state index contributed by atoms with van der Waals surface area (Å²) in [6.07, 6.45) is -5.08. The Kier molecular flexibility index (Phi) is 7.39. The average Bonchev–Trinajstić information content (AvgIpc) is 2.76. The van der Waals surface area contributed by atoms with E-state index in [2.05, 4.69) is 33.3 Å². The molecule has 0 radical (unpaired) electrons. The number of hydrogen-bond acceptors (Lipinski definition) is 6. The first-order valence-electron chi connectivity index (χ1n) is 9.63. The zero-order chi connectivity index (χ0) is 23.1. The van der Waals surface area contributed by atoms with Crippen molar-refractivity contribution in [2.24, 2.45) is 5.73 Å². The van der Waals surface area contributed by atoms with Crippen LogP contribution in [-0.4, -0.2) is 38.9 Å². The van der Waals surface area contributed by atoms with Crippen LogP contribution >= 0.6 is 0 Å². The normalized spacial score (nSPS) is 15.8. The van der Waals surface area contributed by atoms with Gasteiger partial charge in [-0.25, -0.2) is 4.79 Å². The van der Waals surface area contributed by atoms with Gasteiger partial charge in [0.1, 0.15) is 5.75 Å². The number of benzene rings is 2. The van der Waals surface area contributed by atoms with E-state index in [0.29, 0.717) is 5.88 Å². The minimum atomic E-state index is -5.08. The molecule has 0 bridgehead atoms. The average molecular weight is 446 g/mol. The third-order valence-electron chi connectivity index (χ3n) is 4.59. The molecular weight excluding hydrogens is 425 g/mol. The van der Waals surface area contributed by atoms with Gasteiger partial charge in [0.2, 0.25) is 5.88 Å². The highest BCUT2D eigenvalue weighted by molar-refractivity contribution is 5.73. The molecule has 0 spiro atoms. The molecule has 3 aromatic rings. The molecule has 32 heavy (non-hydrogen) atoms. The van der Waals surface area contributed by atoms with E-state index in [0.717, 1.165) is 31.1 Å². The van der Waals surface area contributed by atoms with Crippen LogP contribution in [0.3, 0.4) is 0 Å². The lowest BCUT2D eigenvalue weighted by Crippen LogP contribution is -2.36. The van der Waals surface area contributed by atoms with Gasteiger partial charge in [-0.2, -0.15) is 18.3 Å². The third-order valence-corrected chi connectivity index (χ3v) is 4.59. The van der Waals surface area contributed by atoms with Gasteiger partial charge in [-0.15, -0.1) is 5.10 Å². The number of rotatable bonds is 4. The number of carboxylic acids is 1. The number of nitrogens with two attached hydrogens (primary N) is 1. The monoisotopic (exact) mass is 446 g/mol. The van der Waals surface area contributed by atoms with Gasteiger partial charge in [0.05, 0.1) is 5.69 Å². The maximum absolute atomic E-state index is 10.6. The number of halogens is 3. The minimum absolute atomic E-state index is 0.0404. The zero-order valence-electron chi connectivity index (χ0n) is 16.9. The molecular formula is C22H21F3N4O3. The van der Waals surface area contributed by atoms with Crippen LogP contribution in [0.2, 0.25) is 0 Å². The van der Waals surface area contributed by atoms with Crippen LogP contribution < -0.4 is 10.5 Å². The van der Waals surface area contributed by atoms with E-state index < -0.39 is 12.1 Å². The first kappa shape index (κ1) is 23.2. The number of carbonyl (C=O) groups is 1. The van der Waals surface area contributed by atoms with E-state index in [9.17, 15) is 13.2 Å². The second-order valence-corrected chi connectivity index (χ2v) is 7.06. The highest BCUT2D eigenvalue weighted by Crippen LogP contribution is 2.26. The second kappa shape index (κ2) is 10.2. The molecule has 0 saturated heterocycles. The SMILES string of the molecule is NC1CN(Cc2ccc(Oc3ccccc3)nn2)Cc2ccccc21.O=C(O)C(F)(F)F. The standard InChI is InChI=1S/C20H20N4O.C2HF3O2/c21-19-14-24(12-15-6-4-5-9-18(15)19)13-16-10-11-20(23-22-16)25-17-7-2-1-3-8-17;3-2(4,5)1(6)7/h1-11,19H,12-14,21H2;(H,6,7). The Balaban J connectivity index is 0.000000360. The van der Waals surface area contributed by atoms with Crippen LogP contribution in [0.15, 0.2) is 66.7 Å². The van der Waals surface area contributed by atoms with Gasteiger partial charge >= 0.3 is 12.1 Å². The molecule has 0 aliphatic carbocycles. The van der Waals surface area contributed by atoms with Gasteiger partial charge in [-0.3, -0.25) is 4.90 Å². The maximum Gasteiger partial charge on any atom is 0.490 e. The number of para-hydroxylation sites is 1. The summed E-state index contributed by atoms with van der Waals surface area (Å²) in [6, 6.07) is 21.8. The molecule has 7 nitrogen and oxygen atoms in total. The summed E-state index contributed by atoms with van der Waals surface area (Å²) in [5, 5.41) is 15.6. The van der Waals surface area contributed by atoms with E-state index in [-0.39, 0.29) is 6.04 Å². The van der Waals surface area contributed by atoms with Crippen molar-refractivity contribution in [2.45, 2.75) is 25.3 Å². The summed E-state index contributed by atoms with van der Waals surface area (Å²) < 4.78 is 37.4. The fourth-order valence-corrected chi connectivity index (χ4v) is 3.17. The largest absolute Gasteiger partial charge is 0.490 e. The maximum atomic E-state index is 10.6. The Labute approximate surface area is 182 Å². The van der Waals surface area contributed by atoms with Crippen LogP contribution in [-0.2, 0) is 17.9 Å². The van der Waals surface area contributed by atoms with Gasteiger partial charge < -0.3 is 15.6 Å². The first-order chi connectivity index (χ1) is 15.2. The molecule has 2 heterocycles. The topological polar surface area (TPSA) is 102 Å². The quantitative estimate of drug-likeness (QED) is 0.626. The van der Waals surface area contributed by atoms with Crippen LogP contribution in [0, 0.1) is 0 Å². The molecule has 2 aromatic carbocycles. The Hall–Kier alpha value is -3.50. The van der Waals surface area contributed by atoms with Gasteiger partial charge in [-0.05, 0) is 29.3 Å². The summed E-state index contributed by atoms with van der Waals surface area (Å²) in [4.78, 5) is 11.2. The number of fused-ring (bicyclic) bond motifs is 1. The van der Waals surface area contributed by atoms with E-state index in [1.807, 2.05) is 48.5 Å². The fraction of sp³-hybridized carbons (Fsp3) is 0.227. The third kappa shape index (κ3) is 6.50. The van der Waals surface area contributed by atoms with Crippen molar-refractivity contribution in [3.8, 4) is 11.6 Å². The smallest absolute Gasteiger partial charge is 0.475 e. The van der Waals surface area contributed by atoms with Crippen LogP contribution in [0.5, 0.6) is 11.6 Å². The molecule has 1 aromatic heterocycles. The predicted octanol–water partition coefficient (Wildman–Crippen LogP) is 3.92. The van der Waals surface area contributed by atoms with Crippen LogP contribution in [0.25, 0.3) is 0 Å². The molecule has 0 saturated carbocycles. The molecule has 1 unspecified atom stereocenters. The molecule has 1 atom stereocenters. The van der Waals surface area contributed by atoms with E-state index in [1.54, 1.807) is 0 Å². The van der Waals surface area contributed by atoms with Crippen molar-refractivity contribution in [2.75, 3.05) is 6.54 Å². The summed E-state index contributed by atoms with van der Waals surface area (Å²) in [5.41, 5.74) is 9.75. The summed E-state index contributed by atoms with van der Waals surface area (Å²) >= 11 is 0. The molecule has 1 aliphatic heterocycles. The lowest BCUT2D eigenvalue weighted by molar-refractivity contribution is -0.192. The van der Waals surface area contributed by atoms with Crippen molar-refractivity contribution < 1.29 is 27.8 Å². The highest BCUT2D eigenvalue weighted by Gasteiger charge is 2.38. The van der Waals surface area contributed by atoms with Crippen molar-refractivity contribution in [1.82, 2.24) is 15.1 Å². The molecule has 0 amide bonds. The summed E-state index contributed by atoms with van der Waals surface area (Å²) in [5.74, 6) is -1.51. The van der Waals surface area contributed by atoms with Crippen molar-refractivity contribution >= 4 is 5.97 Å². The summed E-state index contributed by atoms with van der Waals surface area (Å²) in [7, 11) is 0. The number of aromatic nitrogens is 2. The highest BCUT2D eigenvalue weighted by atomic mass is 19.4. The van der Waals surface area contributed by atoms with Crippen molar-refractivity contribution in [1.29, 1.82) is 0 Å². The van der Waals surface area contributed by atoms with E-state index in [4.69, 9.17) is 20.4 Å². The van der Waals surface area contributed by atoms with E-state index >= 15 is 0 Å². The molecule has 168 valence electrons. The second-order valence-electron chi connectivity index (χ2n) is 7.06. The van der Waals surface area contributed by atoms with Gasteiger partial charge in [-0.1, -0.05) is 42.5 Å².